The van der Waals surface area contributed by atoms with E-state index in [1.807, 2.05) is 4.72 Å². The molecule has 0 saturated heterocycles. The van der Waals surface area contributed by atoms with Crippen LogP contribution in [-0.4, -0.2) is 34.4 Å². The van der Waals surface area contributed by atoms with Gasteiger partial charge in [-0.1, -0.05) is 0 Å². The van der Waals surface area contributed by atoms with Crippen molar-refractivity contribution in [1.82, 2.24) is 0 Å². The molecule has 2 aromatic rings. The van der Waals surface area contributed by atoms with E-state index in [1.165, 1.54) is 18.2 Å². The number of rotatable bonds is 5. The first kappa shape index (κ1) is 20.1. The number of halogens is 4. The van der Waals surface area contributed by atoms with Crippen LogP contribution < -0.4 is 18.9 Å². The predicted molar refractivity (Wildman–Crippen MR) is 90.8 cm³/mol. The van der Waals surface area contributed by atoms with Gasteiger partial charge in [0.2, 0.25) is 0 Å². The molecule has 1 aliphatic heterocycles. The largest absolute Gasteiger partial charge is 0.490 e. The van der Waals surface area contributed by atoms with E-state index in [9.17, 15) is 26.0 Å². The predicted octanol–water partition coefficient (Wildman–Crippen LogP) is 3.73. The summed E-state index contributed by atoms with van der Waals surface area (Å²) in [6.07, 6.45) is -4.02. The number of alkyl halides is 3. The van der Waals surface area contributed by atoms with Gasteiger partial charge in [-0.05, 0) is 24.3 Å². The molecule has 0 saturated carbocycles. The van der Waals surface area contributed by atoms with Crippen molar-refractivity contribution in [1.29, 1.82) is 0 Å². The molecule has 0 aromatic heterocycles. The van der Waals surface area contributed by atoms with Crippen molar-refractivity contribution < 1.29 is 40.2 Å². The minimum absolute atomic E-state index is 0.216. The normalized spacial score (nSPS) is 14.3. The van der Waals surface area contributed by atoms with Crippen LogP contribution in [0.4, 0.5) is 23.2 Å². The van der Waals surface area contributed by atoms with Gasteiger partial charge in [-0.25, -0.2) is 12.8 Å². The van der Waals surface area contributed by atoms with Crippen LogP contribution in [0, 0.1) is 5.82 Å². The van der Waals surface area contributed by atoms with Crippen molar-refractivity contribution in [3.8, 4) is 17.2 Å². The fourth-order valence-corrected chi connectivity index (χ4v) is 3.46. The van der Waals surface area contributed by atoms with Crippen LogP contribution in [0.25, 0.3) is 0 Å². The summed E-state index contributed by atoms with van der Waals surface area (Å²) in [6, 6.07) is 6.36. The van der Waals surface area contributed by atoms with Crippen LogP contribution in [0.2, 0.25) is 0 Å². The van der Waals surface area contributed by atoms with Gasteiger partial charge in [-0.15, -0.1) is 0 Å². The lowest BCUT2D eigenvalue weighted by molar-refractivity contribution is -0.153. The molecule has 152 valence electrons. The second kappa shape index (κ2) is 7.74. The molecule has 0 bridgehead atoms. The van der Waals surface area contributed by atoms with Crippen LogP contribution in [0.3, 0.4) is 0 Å². The van der Waals surface area contributed by atoms with Crippen molar-refractivity contribution in [2.75, 3.05) is 24.5 Å². The van der Waals surface area contributed by atoms with E-state index in [-0.39, 0.29) is 10.6 Å². The van der Waals surface area contributed by atoms with Crippen LogP contribution >= 0.6 is 0 Å². The second-order valence-electron chi connectivity index (χ2n) is 5.81. The molecule has 1 aliphatic rings. The number of sulfonamides is 1. The zero-order chi connectivity index (χ0) is 20.4. The maximum Gasteiger partial charge on any atom is 0.422 e. The van der Waals surface area contributed by atoms with Gasteiger partial charge in [-0.2, -0.15) is 13.2 Å². The average molecular weight is 421 g/mol. The molecule has 0 radical (unpaired) electrons. The first-order chi connectivity index (χ1) is 13.1. The topological polar surface area (TPSA) is 73.9 Å². The highest BCUT2D eigenvalue weighted by Crippen LogP contribution is 2.34. The number of nitrogens with one attached hydrogen (secondary N) is 1. The number of hydrogen-bond donors (Lipinski definition) is 1. The number of benzene rings is 2. The average Bonchev–Trinajstić information content (AvgIpc) is 2.84. The summed E-state index contributed by atoms with van der Waals surface area (Å²) in [5.74, 6) is -0.725. The Morgan fingerprint density at radius 2 is 1.75 bits per heavy atom. The van der Waals surface area contributed by atoms with E-state index < -0.39 is 40.1 Å². The minimum atomic E-state index is -4.64. The molecule has 2 aromatic carbocycles. The van der Waals surface area contributed by atoms with E-state index in [4.69, 9.17) is 9.47 Å². The Labute approximate surface area is 158 Å². The molecular formula is C17H15F4NO5S. The minimum Gasteiger partial charge on any atom is -0.490 e. The van der Waals surface area contributed by atoms with E-state index in [1.54, 1.807) is 0 Å². The number of fused-ring (bicyclic) bond motifs is 1. The van der Waals surface area contributed by atoms with Gasteiger partial charge in [0.1, 0.15) is 11.6 Å². The Morgan fingerprint density at radius 3 is 2.46 bits per heavy atom. The zero-order valence-electron chi connectivity index (χ0n) is 14.3. The monoisotopic (exact) mass is 421 g/mol. The first-order valence-corrected chi connectivity index (χ1v) is 9.54. The van der Waals surface area contributed by atoms with E-state index >= 15 is 0 Å². The summed E-state index contributed by atoms with van der Waals surface area (Å²) in [6.45, 7) is -0.902. The van der Waals surface area contributed by atoms with Gasteiger partial charge in [0.05, 0.1) is 23.8 Å². The molecule has 11 heteroatoms. The summed E-state index contributed by atoms with van der Waals surface area (Å²) in [5, 5.41) is 0. The molecule has 3 rings (SSSR count). The smallest absolute Gasteiger partial charge is 0.422 e. The number of anilines is 1. The molecule has 1 heterocycles. The van der Waals surface area contributed by atoms with Crippen LogP contribution in [0.15, 0.2) is 41.3 Å². The van der Waals surface area contributed by atoms with Crippen LogP contribution in [-0.2, 0) is 10.0 Å². The third-order valence-electron chi connectivity index (χ3n) is 3.61. The standard InChI is InChI=1S/C17H15F4NO5S/c18-11-2-4-14(27-10-17(19,20)21)13(8-11)22-28(23,24)12-3-5-15-16(9-12)26-7-1-6-25-15/h2-5,8-9,22H,1,6-7,10H2. The highest BCUT2D eigenvalue weighted by molar-refractivity contribution is 7.92. The van der Waals surface area contributed by atoms with Gasteiger partial charge < -0.3 is 14.2 Å². The van der Waals surface area contributed by atoms with Crippen molar-refractivity contribution in [3.05, 3.63) is 42.2 Å². The maximum atomic E-state index is 13.5. The molecule has 0 fully saturated rings. The molecule has 0 unspecified atom stereocenters. The highest BCUT2D eigenvalue weighted by Gasteiger charge is 2.29. The SMILES string of the molecule is O=S(=O)(Nc1cc(F)ccc1OCC(F)(F)F)c1ccc2c(c1)OCCCO2. The molecule has 0 spiro atoms. The Bertz CT molecular complexity index is 963. The van der Waals surface area contributed by atoms with Gasteiger partial charge >= 0.3 is 6.18 Å². The first-order valence-electron chi connectivity index (χ1n) is 8.06. The van der Waals surface area contributed by atoms with E-state index in [0.29, 0.717) is 25.4 Å². The van der Waals surface area contributed by atoms with Crippen molar-refractivity contribution in [2.45, 2.75) is 17.5 Å². The molecular weight excluding hydrogens is 406 g/mol. The Kier molecular flexibility index (Phi) is 5.54. The Hall–Kier alpha value is -2.69. The van der Waals surface area contributed by atoms with Crippen LogP contribution in [0.5, 0.6) is 17.2 Å². The highest BCUT2D eigenvalue weighted by atomic mass is 32.2. The third kappa shape index (κ3) is 4.97. The quantitative estimate of drug-likeness (QED) is 0.745. The van der Waals surface area contributed by atoms with E-state index in [2.05, 4.69) is 4.74 Å². The summed E-state index contributed by atoms with van der Waals surface area (Å²) >= 11 is 0. The third-order valence-corrected chi connectivity index (χ3v) is 4.97. The molecule has 0 amide bonds. The lowest BCUT2D eigenvalue weighted by Crippen LogP contribution is -2.20. The lowest BCUT2D eigenvalue weighted by Gasteiger charge is -2.15. The molecule has 1 N–H and O–H groups in total. The fourth-order valence-electron chi connectivity index (χ4n) is 2.38. The number of hydrogen-bond acceptors (Lipinski definition) is 5. The van der Waals surface area contributed by atoms with E-state index in [0.717, 1.165) is 18.2 Å². The zero-order valence-corrected chi connectivity index (χ0v) is 15.1. The summed E-state index contributed by atoms with van der Waals surface area (Å²) in [7, 11) is -4.27. The molecule has 0 atom stereocenters. The summed E-state index contributed by atoms with van der Waals surface area (Å²) < 4.78 is 93.4. The van der Waals surface area contributed by atoms with Crippen molar-refractivity contribution in [2.24, 2.45) is 0 Å². The maximum absolute atomic E-state index is 13.5. The van der Waals surface area contributed by atoms with Crippen molar-refractivity contribution in [3.63, 3.8) is 0 Å². The summed E-state index contributed by atoms with van der Waals surface area (Å²) in [4.78, 5) is -0.234. The summed E-state index contributed by atoms with van der Waals surface area (Å²) in [5.41, 5.74) is -0.462. The molecule has 0 aliphatic carbocycles. The van der Waals surface area contributed by atoms with Gasteiger partial charge in [-0.3, -0.25) is 4.72 Å². The van der Waals surface area contributed by atoms with Crippen molar-refractivity contribution >= 4 is 15.7 Å². The molecule has 6 nitrogen and oxygen atoms in total. The van der Waals surface area contributed by atoms with Crippen LogP contribution in [0.1, 0.15) is 6.42 Å². The lowest BCUT2D eigenvalue weighted by atomic mass is 10.3. The van der Waals surface area contributed by atoms with Gasteiger partial charge in [0.15, 0.2) is 18.1 Å². The fraction of sp³-hybridized carbons (Fsp3) is 0.294. The van der Waals surface area contributed by atoms with Gasteiger partial charge in [0, 0.05) is 18.6 Å². The Morgan fingerprint density at radius 1 is 1.04 bits per heavy atom. The second-order valence-corrected chi connectivity index (χ2v) is 7.49. The Balaban J connectivity index is 1.88. The number of ether oxygens (including phenoxy) is 3. The van der Waals surface area contributed by atoms with Gasteiger partial charge in [0.25, 0.3) is 10.0 Å². The molecule has 28 heavy (non-hydrogen) atoms.